The van der Waals surface area contributed by atoms with E-state index in [9.17, 15) is 13.2 Å². The largest absolute Gasteiger partial charge is 0.363 e. The first-order valence-corrected chi connectivity index (χ1v) is 6.50. The summed E-state index contributed by atoms with van der Waals surface area (Å²) in [5, 5.41) is 3.36. The maximum absolute atomic E-state index is 13.9. The van der Waals surface area contributed by atoms with Crippen molar-refractivity contribution in [2.75, 3.05) is 18.0 Å². The summed E-state index contributed by atoms with van der Waals surface area (Å²) in [6.45, 7) is 7.12. The fraction of sp³-hybridized carbons (Fsp3) is 0.571. The van der Waals surface area contributed by atoms with Gasteiger partial charge in [-0.3, -0.25) is 0 Å². The van der Waals surface area contributed by atoms with E-state index >= 15 is 0 Å². The molecule has 1 atom stereocenters. The molecule has 1 saturated heterocycles. The Hall–Kier alpha value is -1.23. The first-order chi connectivity index (χ1) is 8.84. The standard InChI is InChI=1S/C14H19F3N2/c1-4-10-7-18-14(2,3)8-19(10)12-6-9(15)5-11(16)13(12)17/h5-6,10,18H,4,7-8H2,1-3H3. The summed E-state index contributed by atoms with van der Waals surface area (Å²) in [5.41, 5.74) is -0.208. The minimum Gasteiger partial charge on any atom is -0.363 e. The third-order valence-corrected chi connectivity index (χ3v) is 3.58. The second kappa shape index (κ2) is 5.04. The lowest BCUT2D eigenvalue weighted by atomic mass is 9.96. The van der Waals surface area contributed by atoms with Crippen LogP contribution in [-0.4, -0.2) is 24.7 Å². The molecule has 1 aliphatic heterocycles. The lowest BCUT2D eigenvalue weighted by molar-refractivity contribution is 0.303. The van der Waals surface area contributed by atoms with Gasteiger partial charge < -0.3 is 10.2 Å². The van der Waals surface area contributed by atoms with Gasteiger partial charge in [-0.05, 0) is 20.3 Å². The fourth-order valence-electron chi connectivity index (χ4n) is 2.51. The van der Waals surface area contributed by atoms with Crippen LogP contribution in [0.5, 0.6) is 0 Å². The number of halogens is 3. The molecule has 0 aliphatic carbocycles. The minimum atomic E-state index is -1.14. The van der Waals surface area contributed by atoms with Crippen molar-refractivity contribution < 1.29 is 13.2 Å². The Labute approximate surface area is 111 Å². The molecule has 2 rings (SSSR count). The lowest BCUT2D eigenvalue weighted by Gasteiger charge is -2.45. The van der Waals surface area contributed by atoms with E-state index in [1.807, 2.05) is 20.8 Å². The van der Waals surface area contributed by atoms with Gasteiger partial charge in [-0.1, -0.05) is 6.92 Å². The van der Waals surface area contributed by atoms with Crippen molar-refractivity contribution in [3.63, 3.8) is 0 Å². The summed E-state index contributed by atoms with van der Waals surface area (Å²) in [7, 11) is 0. The lowest BCUT2D eigenvalue weighted by Crippen LogP contribution is -2.61. The van der Waals surface area contributed by atoms with Crippen LogP contribution in [0.2, 0.25) is 0 Å². The highest BCUT2D eigenvalue weighted by atomic mass is 19.2. The van der Waals surface area contributed by atoms with Crippen LogP contribution in [0.25, 0.3) is 0 Å². The molecule has 2 nitrogen and oxygen atoms in total. The summed E-state index contributed by atoms with van der Waals surface area (Å²) >= 11 is 0. The molecule has 1 fully saturated rings. The zero-order chi connectivity index (χ0) is 14.2. The second-order valence-electron chi connectivity index (χ2n) is 5.68. The zero-order valence-electron chi connectivity index (χ0n) is 11.4. The number of anilines is 1. The maximum Gasteiger partial charge on any atom is 0.182 e. The Balaban J connectivity index is 2.42. The Morgan fingerprint density at radius 2 is 2.00 bits per heavy atom. The van der Waals surface area contributed by atoms with E-state index in [1.54, 1.807) is 4.90 Å². The number of hydrogen-bond donors (Lipinski definition) is 1. The zero-order valence-corrected chi connectivity index (χ0v) is 11.4. The van der Waals surface area contributed by atoms with Crippen LogP contribution in [0.15, 0.2) is 12.1 Å². The topological polar surface area (TPSA) is 15.3 Å². The Bertz CT molecular complexity index is 474. The molecular formula is C14H19F3N2. The highest BCUT2D eigenvalue weighted by Crippen LogP contribution is 2.29. The van der Waals surface area contributed by atoms with Crippen LogP contribution in [-0.2, 0) is 0 Å². The van der Waals surface area contributed by atoms with Crippen molar-refractivity contribution in [2.24, 2.45) is 0 Å². The molecule has 19 heavy (non-hydrogen) atoms. The van der Waals surface area contributed by atoms with Crippen LogP contribution in [0.3, 0.4) is 0 Å². The van der Waals surface area contributed by atoms with Gasteiger partial charge in [0.15, 0.2) is 11.6 Å². The molecular weight excluding hydrogens is 253 g/mol. The predicted octanol–water partition coefficient (Wildman–Crippen LogP) is 3.07. The number of rotatable bonds is 2. The molecule has 1 N–H and O–H groups in total. The molecule has 0 aromatic heterocycles. The van der Waals surface area contributed by atoms with Crippen molar-refractivity contribution in [3.8, 4) is 0 Å². The molecule has 1 aromatic rings. The first kappa shape index (κ1) is 14.2. The van der Waals surface area contributed by atoms with E-state index in [0.29, 0.717) is 19.2 Å². The summed E-state index contributed by atoms with van der Waals surface area (Å²) in [6, 6.07) is 1.68. The molecule has 0 spiro atoms. The molecule has 0 bridgehead atoms. The van der Waals surface area contributed by atoms with Gasteiger partial charge in [-0.15, -0.1) is 0 Å². The SMILES string of the molecule is CCC1CNC(C)(C)CN1c1cc(F)cc(F)c1F. The van der Waals surface area contributed by atoms with Gasteiger partial charge >= 0.3 is 0 Å². The maximum atomic E-state index is 13.9. The van der Waals surface area contributed by atoms with Gasteiger partial charge in [-0.25, -0.2) is 13.2 Å². The van der Waals surface area contributed by atoms with Crippen LogP contribution in [0, 0.1) is 17.5 Å². The second-order valence-corrected chi connectivity index (χ2v) is 5.68. The van der Waals surface area contributed by atoms with Gasteiger partial charge in [-0.2, -0.15) is 0 Å². The number of benzene rings is 1. The van der Waals surface area contributed by atoms with Crippen LogP contribution < -0.4 is 10.2 Å². The Morgan fingerprint density at radius 3 is 2.63 bits per heavy atom. The number of nitrogens with zero attached hydrogens (tertiary/aromatic N) is 1. The third kappa shape index (κ3) is 2.86. The van der Waals surface area contributed by atoms with E-state index in [4.69, 9.17) is 0 Å². The van der Waals surface area contributed by atoms with E-state index in [1.165, 1.54) is 0 Å². The Kier molecular flexibility index (Phi) is 3.76. The van der Waals surface area contributed by atoms with Gasteiger partial charge in [0.2, 0.25) is 0 Å². The number of piperazine rings is 1. The molecule has 1 heterocycles. The van der Waals surface area contributed by atoms with Crippen molar-refractivity contribution in [2.45, 2.75) is 38.8 Å². The molecule has 0 amide bonds. The molecule has 1 aromatic carbocycles. The van der Waals surface area contributed by atoms with Crippen molar-refractivity contribution in [3.05, 3.63) is 29.6 Å². The molecule has 5 heteroatoms. The Morgan fingerprint density at radius 1 is 1.32 bits per heavy atom. The third-order valence-electron chi connectivity index (χ3n) is 3.58. The van der Waals surface area contributed by atoms with Crippen LogP contribution in [0.4, 0.5) is 18.9 Å². The summed E-state index contributed by atoms with van der Waals surface area (Å²) in [4.78, 5) is 1.76. The minimum absolute atomic E-state index is 0.0129. The molecule has 106 valence electrons. The van der Waals surface area contributed by atoms with Gasteiger partial charge in [0, 0.05) is 36.8 Å². The van der Waals surface area contributed by atoms with E-state index < -0.39 is 17.5 Å². The molecule has 1 unspecified atom stereocenters. The number of nitrogens with one attached hydrogen (secondary N) is 1. The van der Waals surface area contributed by atoms with E-state index in [0.717, 1.165) is 12.5 Å². The number of hydrogen-bond acceptors (Lipinski definition) is 2. The molecule has 1 aliphatic rings. The van der Waals surface area contributed by atoms with Gasteiger partial charge in [0.05, 0.1) is 5.69 Å². The van der Waals surface area contributed by atoms with Crippen molar-refractivity contribution in [1.82, 2.24) is 5.32 Å². The van der Waals surface area contributed by atoms with Crippen molar-refractivity contribution >= 4 is 5.69 Å². The highest BCUT2D eigenvalue weighted by Gasteiger charge is 2.33. The van der Waals surface area contributed by atoms with Crippen LogP contribution in [0.1, 0.15) is 27.2 Å². The summed E-state index contributed by atoms with van der Waals surface area (Å²) in [5.74, 6) is -2.86. The van der Waals surface area contributed by atoms with Gasteiger partial charge in [0.1, 0.15) is 5.82 Å². The summed E-state index contributed by atoms with van der Waals surface area (Å²) < 4.78 is 40.6. The molecule has 0 radical (unpaired) electrons. The van der Waals surface area contributed by atoms with Crippen LogP contribution >= 0.6 is 0 Å². The van der Waals surface area contributed by atoms with Crippen molar-refractivity contribution in [1.29, 1.82) is 0 Å². The quantitative estimate of drug-likeness (QED) is 0.832. The summed E-state index contributed by atoms with van der Waals surface area (Å²) in [6.07, 6.45) is 0.778. The highest BCUT2D eigenvalue weighted by molar-refractivity contribution is 5.50. The predicted molar refractivity (Wildman–Crippen MR) is 69.8 cm³/mol. The van der Waals surface area contributed by atoms with Gasteiger partial charge in [0.25, 0.3) is 0 Å². The van der Waals surface area contributed by atoms with E-state index in [-0.39, 0.29) is 17.3 Å². The first-order valence-electron chi connectivity index (χ1n) is 6.50. The average Bonchev–Trinajstić information content (AvgIpc) is 2.33. The normalized spacial score (nSPS) is 22.6. The smallest absolute Gasteiger partial charge is 0.182 e. The molecule has 0 saturated carbocycles. The van der Waals surface area contributed by atoms with E-state index in [2.05, 4.69) is 5.32 Å². The fourth-order valence-corrected chi connectivity index (χ4v) is 2.51. The average molecular weight is 272 g/mol. The monoisotopic (exact) mass is 272 g/mol.